The second-order valence-corrected chi connectivity index (χ2v) is 11.4. The van der Waals surface area contributed by atoms with Crippen molar-refractivity contribution < 1.29 is 9.59 Å². The molecule has 1 N–H and O–H groups in total. The number of amides is 2. The average molecular weight is 592 g/mol. The molecule has 0 aliphatic carbocycles. The molecule has 4 nitrogen and oxygen atoms in total. The minimum atomic E-state index is -0.653. The fourth-order valence-corrected chi connectivity index (χ4v) is 5.28. The molecule has 38 heavy (non-hydrogen) atoms. The highest BCUT2D eigenvalue weighted by Crippen LogP contribution is 2.25. The zero-order valence-corrected chi connectivity index (χ0v) is 24.6. The van der Waals surface area contributed by atoms with E-state index in [4.69, 9.17) is 34.8 Å². The van der Waals surface area contributed by atoms with Crippen molar-refractivity contribution in [2.45, 2.75) is 56.5 Å². The Morgan fingerprint density at radius 3 is 2.32 bits per heavy atom. The summed E-state index contributed by atoms with van der Waals surface area (Å²) in [7, 11) is 0. The second-order valence-electron chi connectivity index (χ2n) is 9.03. The SMILES string of the molecule is CCCCNC(=O)C(Cc1ccccc1)N(Cc1ccc(Cl)c(Cl)c1)C(=O)CCCSc1ccc(Cl)cc1. The van der Waals surface area contributed by atoms with Crippen molar-refractivity contribution in [1.29, 1.82) is 0 Å². The summed E-state index contributed by atoms with van der Waals surface area (Å²) in [6.07, 6.45) is 3.29. The van der Waals surface area contributed by atoms with Crippen LogP contribution in [0.3, 0.4) is 0 Å². The Kier molecular flexibility index (Phi) is 12.8. The summed E-state index contributed by atoms with van der Waals surface area (Å²) < 4.78 is 0. The number of hydrogen-bond acceptors (Lipinski definition) is 3. The van der Waals surface area contributed by atoms with E-state index in [-0.39, 0.29) is 18.4 Å². The standard InChI is InChI=1S/C30H33Cl3N2O2S/c1-2-3-17-34-30(37)28(20-22-8-5-4-6-9-22)35(21-23-11-16-26(32)27(33)19-23)29(36)10-7-18-38-25-14-12-24(31)13-15-25/h4-6,8-9,11-16,19,28H,2-3,7,10,17-18,20-21H2,1H3,(H,34,37). The van der Waals surface area contributed by atoms with Crippen LogP contribution in [-0.2, 0) is 22.6 Å². The first-order valence-corrected chi connectivity index (χ1v) is 14.9. The Morgan fingerprint density at radius 1 is 0.895 bits per heavy atom. The lowest BCUT2D eigenvalue weighted by Gasteiger charge is -2.32. The number of rotatable bonds is 14. The minimum absolute atomic E-state index is 0.0700. The molecule has 0 bridgehead atoms. The number of carbonyl (C=O) groups excluding carboxylic acids is 2. The number of unbranched alkanes of at least 4 members (excludes halogenated alkanes) is 1. The molecule has 0 radical (unpaired) electrons. The molecule has 3 rings (SSSR count). The number of nitrogens with zero attached hydrogens (tertiary/aromatic N) is 1. The zero-order chi connectivity index (χ0) is 27.3. The largest absolute Gasteiger partial charge is 0.354 e. The number of hydrogen-bond donors (Lipinski definition) is 1. The third-order valence-corrected chi connectivity index (χ3v) is 8.14. The summed E-state index contributed by atoms with van der Waals surface area (Å²) in [6.45, 7) is 2.92. The molecule has 0 aliphatic rings. The van der Waals surface area contributed by atoms with Crippen LogP contribution in [0.1, 0.15) is 43.7 Å². The van der Waals surface area contributed by atoms with Crippen LogP contribution >= 0.6 is 46.6 Å². The number of thioether (sulfide) groups is 1. The van der Waals surface area contributed by atoms with E-state index >= 15 is 0 Å². The molecule has 0 spiro atoms. The van der Waals surface area contributed by atoms with Crippen LogP contribution in [-0.4, -0.2) is 35.1 Å². The minimum Gasteiger partial charge on any atom is -0.354 e. The highest BCUT2D eigenvalue weighted by atomic mass is 35.5. The van der Waals surface area contributed by atoms with Gasteiger partial charge >= 0.3 is 0 Å². The van der Waals surface area contributed by atoms with Crippen molar-refractivity contribution in [3.63, 3.8) is 0 Å². The Morgan fingerprint density at radius 2 is 1.63 bits per heavy atom. The number of benzene rings is 3. The second kappa shape index (κ2) is 16.0. The Balaban J connectivity index is 1.79. The van der Waals surface area contributed by atoms with Crippen molar-refractivity contribution in [3.05, 3.63) is 99.0 Å². The normalized spacial score (nSPS) is 11.7. The quantitative estimate of drug-likeness (QED) is 0.152. The van der Waals surface area contributed by atoms with Crippen LogP contribution in [0.25, 0.3) is 0 Å². The van der Waals surface area contributed by atoms with Gasteiger partial charge < -0.3 is 10.2 Å². The lowest BCUT2D eigenvalue weighted by atomic mass is 10.0. The van der Waals surface area contributed by atoms with Gasteiger partial charge in [0.2, 0.25) is 11.8 Å². The highest BCUT2D eigenvalue weighted by Gasteiger charge is 2.30. The van der Waals surface area contributed by atoms with Crippen LogP contribution in [0.15, 0.2) is 77.7 Å². The van der Waals surface area contributed by atoms with Gasteiger partial charge in [0.05, 0.1) is 10.0 Å². The van der Waals surface area contributed by atoms with Crippen molar-refractivity contribution in [1.82, 2.24) is 10.2 Å². The summed E-state index contributed by atoms with van der Waals surface area (Å²) in [5.74, 6) is 0.561. The van der Waals surface area contributed by atoms with Gasteiger partial charge in [-0.3, -0.25) is 9.59 Å². The summed E-state index contributed by atoms with van der Waals surface area (Å²) in [6, 6.07) is 22.1. The van der Waals surface area contributed by atoms with Gasteiger partial charge in [0.25, 0.3) is 0 Å². The third kappa shape index (κ3) is 9.85. The fraction of sp³-hybridized carbons (Fsp3) is 0.333. The van der Waals surface area contributed by atoms with E-state index in [0.29, 0.717) is 40.9 Å². The maximum atomic E-state index is 13.7. The lowest BCUT2D eigenvalue weighted by molar-refractivity contribution is -0.141. The molecule has 1 unspecified atom stereocenters. The molecule has 3 aromatic carbocycles. The monoisotopic (exact) mass is 590 g/mol. The Hall–Kier alpha value is -2.18. The molecule has 3 aromatic rings. The van der Waals surface area contributed by atoms with Gasteiger partial charge in [-0.1, -0.05) is 84.5 Å². The third-order valence-electron chi connectivity index (χ3n) is 6.05. The molecule has 0 fully saturated rings. The smallest absolute Gasteiger partial charge is 0.243 e. The fourth-order valence-electron chi connectivity index (χ4n) is 3.98. The summed E-state index contributed by atoms with van der Waals surface area (Å²) in [5, 5.41) is 4.61. The first kappa shape index (κ1) is 30.4. The van der Waals surface area contributed by atoms with Crippen LogP contribution in [0.2, 0.25) is 15.1 Å². The molecule has 0 saturated carbocycles. The maximum absolute atomic E-state index is 13.7. The number of halogens is 3. The summed E-state index contributed by atoms with van der Waals surface area (Å²) >= 11 is 20.1. The zero-order valence-electron chi connectivity index (χ0n) is 21.5. The molecule has 0 heterocycles. The molecule has 0 aromatic heterocycles. The van der Waals surface area contributed by atoms with E-state index < -0.39 is 6.04 Å². The van der Waals surface area contributed by atoms with E-state index in [9.17, 15) is 9.59 Å². The molecule has 202 valence electrons. The molecule has 8 heteroatoms. The summed E-state index contributed by atoms with van der Waals surface area (Å²) in [5.41, 5.74) is 1.82. The van der Waals surface area contributed by atoms with Gasteiger partial charge in [-0.25, -0.2) is 0 Å². The van der Waals surface area contributed by atoms with E-state index in [2.05, 4.69) is 12.2 Å². The molecule has 1 atom stereocenters. The van der Waals surface area contributed by atoms with Gasteiger partial charge in [-0.2, -0.15) is 0 Å². The van der Waals surface area contributed by atoms with E-state index in [1.807, 2.05) is 60.7 Å². The predicted molar refractivity (Wildman–Crippen MR) is 160 cm³/mol. The molecular formula is C30H33Cl3N2O2S. The molecule has 0 saturated heterocycles. The first-order valence-electron chi connectivity index (χ1n) is 12.8. The molecule has 0 aliphatic heterocycles. The van der Waals surface area contributed by atoms with Crippen molar-refractivity contribution in [3.8, 4) is 0 Å². The lowest BCUT2D eigenvalue weighted by Crippen LogP contribution is -2.50. The van der Waals surface area contributed by atoms with E-state index in [0.717, 1.165) is 34.6 Å². The van der Waals surface area contributed by atoms with Crippen LogP contribution in [0, 0.1) is 0 Å². The number of carbonyl (C=O) groups is 2. The predicted octanol–water partition coefficient (Wildman–Crippen LogP) is 8.08. The van der Waals surface area contributed by atoms with Gasteiger partial charge in [0, 0.05) is 35.8 Å². The Labute approximate surface area is 245 Å². The van der Waals surface area contributed by atoms with E-state index in [1.54, 1.807) is 28.8 Å². The van der Waals surface area contributed by atoms with Crippen LogP contribution < -0.4 is 5.32 Å². The Bertz CT molecular complexity index is 1180. The topological polar surface area (TPSA) is 49.4 Å². The number of nitrogens with one attached hydrogen (secondary N) is 1. The van der Waals surface area contributed by atoms with Crippen LogP contribution in [0.4, 0.5) is 0 Å². The van der Waals surface area contributed by atoms with Crippen molar-refractivity contribution in [2.75, 3.05) is 12.3 Å². The molecule has 2 amide bonds. The van der Waals surface area contributed by atoms with Gasteiger partial charge in [-0.05, 0) is 66.1 Å². The van der Waals surface area contributed by atoms with Crippen molar-refractivity contribution in [2.24, 2.45) is 0 Å². The average Bonchev–Trinajstić information content (AvgIpc) is 2.92. The van der Waals surface area contributed by atoms with Crippen molar-refractivity contribution >= 4 is 58.4 Å². The van der Waals surface area contributed by atoms with Gasteiger partial charge in [0.15, 0.2) is 0 Å². The van der Waals surface area contributed by atoms with Crippen LogP contribution in [0.5, 0.6) is 0 Å². The maximum Gasteiger partial charge on any atom is 0.243 e. The van der Waals surface area contributed by atoms with Gasteiger partial charge in [-0.15, -0.1) is 11.8 Å². The highest BCUT2D eigenvalue weighted by molar-refractivity contribution is 7.99. The first-order chi connectivity index (χ1) is 18.4. The molecular weight excluding hydrogens is 559 g/mol. The van der Waals surface area contributed by atoms with E-state index in [1.165, 1.54) is 0 Å². The summed E-state index contributed by atoms with van der Waals surface area (Å²) in [4.78, 5) is 29.9. The van der Waals surface area contributed by atoms with Gasteiger partial charge in [0.1, 0.15) is 6.04 Å².